The van der Waals surface area contributed by atoms with Crippen LogP contribution in [0.3, 0.4) is 0 Å². The highest BCUT2D eigenvalue weighted by atomic mass is 32.2. The monoisotopic (exact) mass is 296 g/mol. The summed E-state index contributed by atoms with van der Waals surface area (Å²) in [6, 6.07) is 4.95. The van der Waals surface area contributed by atoms with Crippen LogP contribution in [0.2, 0.25) is 0 Å². The molecule has 0 radical (unpaired) electrons. The number of benzene rings is 1. The van der Waals surface area contributed by atoms with Crippen LogP contribution in [0, 0.1) is 0 Å². The van der Waals surface area contributed by atoms with Gasteiger partial charge in [-0.15, -0.1) is 0 Å². The molecule has 2 N–H and O–H groups in total. The average Bonchev–Trinajstić information content (AvgIpc) is 2.82. The van der Waals surface area contributed by atoms with Crippen LogP contribution in [0.5, 0.6) is 0 Å². The van der Waals surface area contributed by atoms with Crippen LogP contribution in [0.25, 0.3) is 0 Å². The molecule has 0 aliphatic heterocycles. The van der Waals surface area contributed by atoms with Gasteiger partial charge in [0.25, 0.3) is 0 Å². The fourth-order valence-corrected chi connectivity index (χ4v) is 2.50. The molecule has 0 spiro atoms. The van der Waals surface area contributed by atoms with Gasteiger partial charge in [-0.1, -0.05) is 0 Å². The van der Waals surface area contributed by atoms with E-state index in [2.05, 4.69) is 14.9 Å². The van der Waals surface area contributed by atoms with Crippen LogP contribution in [0.4, 0.5) is 0 Å². The number of aryl methyl sites for hydroxylation is 1. The first-order valence-corrected chi connectivity index (χ1v) is 7.05. The van der Waals surface area contributed by atoms with Crippen molar-refractivity contribution in [2.75, 3.05) is 0 Å². The maximum Gasteiger partial charge on any atom is 0.335 e. The van der Waals surface area contributed by atoms with Crippen LogP contribution < -0.4 is 4.72 Å². The fraction of sp³-hybridized carbons (Fsp3) is 0.182. The number of carboxylic acids is 1. The van der Waals surface area contributed by atoms with Gasteiger partial charge in [-0.2, -0.15) is 15.0 Å². The van der Waals surface area contributed by atoms with E-state index in [9.17, 15) is 13.2 Å². The number of nitrogens with zero attached hydrogens (tertiary/aromatic N) is 3. The Balaban J connectivity index is 2.11. The number of aromatic nitrogens is 3. The largest absolute Gasteiger partial charge is 0.478 e. The topological polar surface area (TPSA) is 114 Å². The lowest BCUT2D eigenvalue weighted by molar-refractivity contribution is 0.0696. The second-order valence-corrected chi connectivity index (χ2v) is 5.75. The molecule has 0 fully saturated rings. The number of aromatic carboxylic acids is 1. The molecule has 1 aromatic heterocycles. The third-order valence-corrected chi connectivity index (χ3v) is 3.92. The molecule has 1 heterocycles. The number of nitrogens with one attached hydrogen (secondary N) is 1. The third kappa shape index (κ3) is 3.19. The molecule has 0 aliphatic carbocycles. The smallest absolute Gasteiger partial charge is 0.335 e. The second-order valence-electron chi connectivity index (χ2n) is 3.98. The van der Waals surface area contributed by atoms with Gasteiger partial charge in [-0.3, -0.25) is 0 Å². The van der Waals surface area contributed by atoms with Gasteiger partial charge in [-0.25, -0.2) is 17.9 Å². The number of carboxylic acid groups (broad SMARTS) is 1. The minimum absolute atomic E-state index is 0.00797. The van der Waals surface area contributed by atoms with Crippen LogP contribution >= 0.6 is 0 Å². The third-order valence-electron chi connectivity index (χ3n) is 2.50. The minimum atomic E-state index is -3.71. The van der Waals surface area contributed by atoms with Crippen molar-refractivity contribution in [2.45, 2.75) is 11.4 Å². The Kier molecular flexibility index (Phi) is 3.81. The predicted molar refractivity (Wildman–Crippen MR) is 68.4 cm³/mol. The quantitative estimate of drug-likeness (QED) is 0.802. The summed E-state index contributed by atoms with van der Waals surface area (Å²) in [5, 5.41) is 16.5. The predicted octanol–water partition coefficient (Wildman–Crippen LogP) is -0.00820. The Bertz CT molecular complexity index is 721. The first-order valence-electron chi connectivity index (χ1n) is 5.57. The lowest BCUT2D eigenvalue weighted by Crippen LogP contribution is -2.23. The summed E-state index contributed by atoms with van der Waals surface area (Å²) in [5.74, 6) is -1.11. The number of carbonyl (C=O) groups is 1. The molecular formula is C11H12N4O4S. The maximum atomic E-state index is 12.0. The van der Waals surface area contributed by atoms with Gasteiger partial charge in [0.1, 0.15) is 0 Å². The highest BCUT2D eigenvalue weighted by Crippen LogP contribution is 2.11. The molecule has 0 aliphatic rings. The number of hydrogen-bond donors (Lipinski definition) is 2. The lowest BCUT2D eigenvalue weighted by atomic mass is 10.2. The van der Waals surface area contributed by atoms with Crippen molar-refractivity contribution in [3.8, 4) is 0 Å². The van der Waals surface area contributed by atoms with Gasteiger partial charge in [0, 0.05) is 7.05 Å². The molecular weight excluding hydrogens is 284 g/mol. The first-order chi connectivity index (χ1) is 9.38. The lowest BCUT2D eigenvalue weighted by Gasteiger charge is -2.05. The normalized spacial score (nSPS) is 11.4. The summed E-state index contributed by atoms with van der Waals surface area (Å²) in [6.45, 7) is 0.0108. The molecule has 0 saturated carbocycles. The maximum absolute atomic E-state index is 12.0. The summed E-state index contributed by atoms with van der Waals surface area (Å²) >= 11 is 0. The number of rotatable bonds is 5. The van der Waals surface area contributed by atoms with Crippen LogP contribution in [-0.2, 0) is 23.6 Å². The highest BCUT2D eigenvalue weighted by molar-refractivity contribution is 7.89. The Labute approximate surface area is 115 Å². The summed E-state index contributed by atoms with van der Waals surface area (Å²) in [7, 11) is -2.08. The van der Waals surface area contributed by atoms with Crippen molar-refractivity contribution >= 4 is 16.0 Å². The van der Waals surface area contributed by atoms with Gasteiger partial charge >= 0.3 is 5.97 Å². The van der Waals surface area contributed by atoms with Crippen molar-refractivity contribution < 1.29 is 18.3 Å². The van der Waals surface area contributed by atoms with Crippen molar-refractivity contribution in [1.29, 1.82) is 0 Å². The van der Waals surface area contributed by atoms with E-state index in [1.54, 1.807) is 7.05 Å². The van der Waals surface area contributed by atoms with E-state index in [0.29, 0.717) is 5.69 Å². The average molecular weight is 296 g/mol. The fourth-order valence-electron chi connectivity index (χ4n) is 1.50. The molecule has 0 unspecified atom stereocenters. The number of hydrogen-bond acceptors (Lipinski definition) is 5. The molecule has 106 valence electrons. The van der Waals surface area contributed by atoms with E-state index in [1.807, 2.05) is 0 Å². The number of sulfonamides is 1. The van der Waals surface area contributed by atoms with E-state index >= 15 is 0 Å². The Morgan fingerprint density at radius 1 is 1.35 bits per heavy atom. The zero-order valence-electron chi connectivity index (χ0n) is 10.5. The van der Waals surface area contributed by atoms with Crippen molar-refractivity contribution in [3.05, 3.63) is 41.7 Å². The van der Waals surface area contributed by atoms with E-state index in [-0.39, 0.29) is 17.0 Å². The van der Waals surface area contributed by atoms with Gasteiger partial charge in [0.2, 0.25) is 10.0 Å². The Morgan fingerprint density at radius 3 is 2.50 bits per heavy atom. The molecule has 1 aromatic carbocycles. The SMILES string of the molecule is Cn1ncc(CNS(=O)(=O)c2ccc(C(=O)O)cc2)n1. The van der Waals surface area contributed by atoms with Crippen molar-refractivity contribution in [2.24, 2.45) is 7.05 Å². The molecule has 2 aromatic rings. The van der Waals surface area contributed by atoms with E-state index < -0.39 is 16.0 Å². The zero-order chi connectivity index (χ0) is 14.8. The molecule has 0 amide bonds. The highest BCUT2D eigenvalue weighted by Gasteiger charge is 2.15. The Morgan fingerprint density at radius 2 is 2.00 bits per heavy atom. The van der Waals surface area contributed by atoms with E-state index in [0.717, 1.165) is 0 Å². The standard InChI is InChI=1S/C11H12N4O4S/c1-15-12-6-9(14-15)7-13-20(18,19)10-4-2-8(3-5-10)11(16)17/h2-6,13H,7H2,1H3,(H,16,17). The van der Waals surface area contributed by atoms with Gasteiger partial charge in [-0.05, 0) is 24.3 Å². The van der Waals surface area contributed by atoms with Crippen LogP contribution in [0.15, 0.2) is 35.4 Å². The molecule has 0 bridgehead atoms. The van der Waals surface area contributed by atoms with Crippen molar-refractivity contribution in [1.82, 2.24) is 19.7 Å². The second kappa shape index (κ2) is 5.39. The van der Waals surface area contributed by atoms with E-state index in [4.69, 9.17) is 5.11 Å². The summed E-state index contributed by atoms with van der Waals surface area (Å²) < 4.78 is 26.3. The molecule has 9 heteroatoms. The van der Waals surface area contributed by atoms with Crippen LogP contribution in [0.1, 0.15) is 16.1 Å². The molecule has 8 nitrogen and oxygen atoms in total. The van der Waals surface area contributed by atoms with Gasteiger partial charge in [0.15, 0.2) is 0 Å². The van der Waals surface area contributed by atoms with E-state index in [1.165, 1.54) is 35.3 Å². The molecule has 2 rings (SSSR count). The summed E-state index contributed by atoms with van der Waals surface area (Å²) in [5.41, 5.74) is 0.510. The first kappa shape index (κ1) is 14.2. The molecule has 0 atom stereocenters. The van der Waals surface area contributed by atoms with Crippen LogP contribution in [-0.4, -0.2) is 34.5 Å². The summed E-state index contributed by atoms with van der Waals surface area (Å²) in [6.07, 6.45) is 1.45. The minimum Gasteiger partial charge on any atom is -0.478 e. The summed E-state index contributed by atoms with van der Waals surface area (Å²) in [4.78, 5) is 12.0. The molecule has 20 heavy (non-hydrogen) atoms. The van der Waals surface area contributed by atoms with Gasteiger partial charge in [0.05, 0.1) is 28.9 Å². The van der Waals surface area contributed by atoms with Crippen molar-refractivity contribution in [3.63, 3.8) is 0 Å². The zero-order valence-corrected chi connectivity index (χ0v) is 11.3. The van der Waals surface area contributed by atoms with Gasteiger partial charge < -0.3 is 5.11 Å². The molecule has 0 saturated heterocycles. The Hall–Kier alpha value is -2.26.